The maximum Gasteiger partial charge on any atom is 0.204 e. The van der Waals surface area contributed by atoms with E-state index >= 15 is 0 Å². The number of para-hydroxylation sites is 1. The van der Waals surface area contributed by atoms with Gasteiger partial charge < -0.3 is 0 Å². The van der Waals surface area contributed by atoms with Crippen molar-refractivity contribution in [1.29, 1.82) is 0 Å². The second-order valence-electron chi connectivity index (χ2n) is 4.03. The molecule has 1 heterocycles. The van der Waals surface area contributed by atoms with Gasteiger partial charge in [-0.25, -0.2) is 9.37 Å². The minimum atomic E-state index is -0.290. The first kappa shape index (κ1) is 13.2. The van der Waals surface area contributed by atoms with E-state index in [9.17, 15) is 4.39 Å². The molecule has 6 heteroatoms. The predicted octanol–water partition coefficient (Wildman–Crippen LogP) is 4.64. The summed E-state index contributed by atoms with van der Waals surface area (Å²) in [6.07, 6.45) is 1.62. The number of anilines is 1. The van der Waals surface area contributed by atoms with Crippen LogP contribution in [0.25, 0.3) is 10.2 Å². The van der Waals surface area contributed by atoms with Crippen LogP contribution in [0.5, 0.6) is 0 Å². The maximum absolute atomic E-state index is 13.1. The number of hydrogen-bond donors (Lipinski definition) is 1. The van der Waals surface area contributed by atoms with E-state index < -0.39 is 0 Å². The topological polar surface area (TPSA) is 37.3 Å². The SMILES string of the molecule is Fc1ccc(/C=N/Nc2nc3ccccc3s2)cc1Br. The highest BCUT2D eigenvalue weighted by Crippen LogP contribution is 2.25. The molecule has 100 valence electrons. The van der Waals surface area contributed by atoms with Crippen molar-refractivity contribution >= 4 is 48.8 Å². The summed E-state index contributed by atoms with van der Waals surface area (Å²) in [5.41, 5.74) is 4.63. The summed E-state index contributed by atoms with van der Waals surface area (Å²) < 4.78 is 14.6. The van der Waals surface area contributed by atoms with Crippen LogP contribution >= 0.6 is 27.3 Å². The highest BCUT2D eigenvalue weighted by Gasteiger charge is 2.01. The molecule has 0 bridgehead atoms. The Kier molecular flexibility index (Phi) is 3.75. The molecule has 20 heavy (non-hydrogen) atoms. The number of hydrazone groups is 1. The van der Waals surface area contributed by atoms with Crippen LogP contribution in [0.2, 0.25) is 0 Å². The lowest BCUT2D eigenvalue weighted by atomic mass is 10.2. The second-order valence-corrected chi connectivity index (χ2v) is 5.92. The van der Waals surface area contributed by atoms with Crippen molar-refractivity contribution in [1.82, 2.24) is 4.98 Å². The molecule has 0 saturated carbocycles. The Morgan fingerprint density at radius 3 is 2.90 bits per heavy atom. The zero-order valence-corrected chi connectivity index (χ0v) is 12.6. The van der Waals surface area contributed by atoms with E-state index in [0.29, 0.717) is 4.47 Å². The smallest absolute Gasteiger partial charge is 0.204 e. The number of rotatable bonds is 3. The quantitative estimate of drug-likeness (QED) is 0.552. The van der Waals surface area contributed by atoms with Crippen molar-refractivity contribution in [3.63, 3.8) is 0 Å². The van der Waals surface area contributed by atoms with Crippen molar-refractivity contribution in [2.24, 2.45) is 5.10 Å². The van der Waals surface area contributed by atoms with Crippen LogP contribution in [-0.4, -0.2) is 11.2 Å². The fourth-order valence-corrected chi connectivity index (χ4v) is 2.89. The third kappa shape index (κ3) is 2.86. The molecule has 0 spiro atoms. The molecule has 0 aliphatic rings. The fourth-order valence-electron chi connectivity index (χ4n) is 1.67. The van der Waals surface area contributed by atoms with Gasteiger partial charge in [0.25, 0.3) is 0 Å². The number of nitrogens with zero attached hydrogens (tertiary/aromatic N) is 2. The molecule has 1 aromatic heterocycles. The monoisotopic (exact) mass is 349 g/mol. The third-order valence-corrected chi connectivity index (χ3v) is 4.16. The van der Waals surface area contributed by atoms with Gasteiger partial charge in [-0.2, -0.15) is 5.10 Å². The van der Waals surface area contributed by atoms with Gasteiger partial charge >= 0.3 is 0 Å². The first-order valence-electron chi connectivity index (χ1n) is 5.82. The molecule has 0 fully saturated rings. The van der Waals surface area contributed by atoms with Gasteiger partial charge in [-0.15, -0.1) is 0 Å². The van der Waals surface area contributed by atoms with E-state index in [1.807, 2.05) is 24.3 Å². The number of nitrogens with one attached hydrogen (secondary N) is 1. The van der Waals surface area contributed by atoms with Gasteiger partial charge in [0, 0.05) is 0 Å². The Bertz CT molecular complexity index is 752. The molecule has 0 aliphatic carbocycles. The van der Waals surface area contributed by atoms with Crippen LogP contribution in [0.15, 0.2) is 52.0 Å². The fraction of sp³-hybridized carbons (Fsp3) is 0. The van der Waals surface area contributed by atoms with Crippen molar-refractivity contribution in [2.45, 2.75) is 0 Å². The standard InChI is InChI=1S/C14H9BrFN3S/c15-10-7-9(5-6-11(10)16)8-17-19-14-18-12-3-1-2-4-13(12)20-14/h1-8H,(H,18,19)/b17-8+. The number of aromatic nitrogens is 1. The molecule has 3 nitrogen and oxygen atoms in total. The van der Waals surface area contributed by atoms with E-state index in [4.69, 9.17) is 0 Å². The number of halogens is 2. The lowest BCUT2D eigenvalue weighted by molar-refractivity contribution is 0.621. The predicted molar refractivity (Wildman–Crippen MR) is 84.9 cm³/mol. The summed E-state index contributed by atoms with van der Waals surface area (Å²) in [6.45, 7) is 0. The van der Waals surface area contributed by atoms with Gasteiger partial charge in [-0.05, 0) is 45.8 Å². The summed E-state index contributed by atoms with van der Waals surface area (Å²) in [4.78, 5) is 4.40. The van der Waals surface area contributed by atoms with E-state index in [-0.39, 0.29) is 5.82 Å². The highest BCUT2D eigenvalue weighted by atomic mass is 79.9. The summed E-state index contributed by atoms with van der Waals surface area (Å²) in [5.74, 6) is -0.290. The second kappa shape index (κ2) is 5.68. The summed E-state index contributed by atoms with van der Waals surface area (Å²) in [5, 5.41) is 4.83. The highest BCUT2D eigenvalue weighted by molar-refractivity contribution is 9.10. The molecule has 0 unspecified atom stereocenters. The minimum absolute atomic E-state index is 0.290. The Morgan fingerprint density at radius 2 is 2.10 bits per heavy atom. The number of hydrogen-bond acceptors (Lipinski definition) is 4. The average Bonchev–Trinajstić information content (AvgIpc) is 2.85. The van der Waals surface area contributed by atoms with Crippen LogP contribution in [0.4, 0.5) is 9.52 Å². The van der Waals surface area contributed by atoms with Crippen molar-refractivity contribution in [3.05, 3.63) is 58.3 Å². The number of thiazole rings is 1. The lowest BCUT2D eigenvalue weighted by Gasteiger charge is -1.96. The molecule has 0 saturated heterocycles. The Labute approximate surface area is 127 Å². The first-order chi connectivity index (χ1) is 9.72. The van der Waals surface area contributed by atoms with E-state index in [0.717, 1.165) is 20.9 Å². The van der Waals surface area contributed by atoms with Gasteiger partial charge in [-0.1, -0.05) is 29.5 Å². The molecular formula is C14H9BrFN3S. The molecule has 2 aromatic carbocycles. The largest absolute Gasteiger partial charge is 0.253 e. The Balaban J connectivity index is 1.75. The molecule has 3 rings (SSSR count). The lowest BCUT2D eigenvalue weighted by Crippen LogP contribution is -1.90. The third-order valence-electron chi connectivity index (χ3n) is 2.61. The van der Waals surface area contributed by atoms with E-state index in [1.54, 1.807) is 18.3 Å². The van der Waals surface area contributed by atoms with Gasteiger partial charge in [0.2, 0.25) is 5.13 Å². The summed E-state index contributed by atoms with van der Waals surface area (Å²) in [7, 11) is 0. The van der Waals surface area contributed by atoms with E-state index in [1.165, 1.54) is 17.4 Å². The molecule has 3 aromatic rings. The van der Waals surface area contributed by atoms with Crippen molar-refractivity contribution < 1.29 is 4.39 Å². The van der Waals surface area contributed by atoms with Crippen LogP contribution in [0.3, 0.4) is 0 Å². The van der Waals surface area contributed by atoms with Crippen LogP contribution < -0.4 is 5.43 Å². The molecular weight excluding hydrogens is 341 g/mol. The van der Waals surface area contributed by atoms with Gasteiger partial charge in [-0.3, -0.25) is 5.43 Å². The molecule has 0 amide bonds. The van der Waals surface area contributed by atoms with Crippen LogP contribution in [0, 0.1) is 5.82 Å². The Hall–Kier alpha value is -1.79. The minimum Gasteiger partial charge on any atom is -0.253 e. The van der Waals surface area contributed by atoms with Crippen LogP contribution in [-0.2, 0) is 0 Å². The van der Waals surface area contributed by atoms with Gasteiger partial charge in [0.15, 0.2) is 0 Å². The summed E-state index contributed by atoms with van der Waals surface area (Å²) >= 11 is 4.67. The van der Waals surface area contributed by atoms with Crippen molar-refractivity contribution in [2.75, 3.05) is 5.43 Å². The van der Waals surface area contributed by atoms with Crippen LogP contribution in [0.1, 0.15) is 5.56 Å². The first-order valence-corrected chi connectivity index (χ1v) is 7.43. The van der Waals surface area contributed by atoms with E-state index in [2.05, 4.69) is 31.4 Å². The number of fused-ring (bicyclic) bond motifs is 1. The van der Waals surface area contributed by atoms with Crippen molar-refractivity contribution in [3.8, 4) is 0 Å². The van der Waals surface area contributed by atoms with Gasteiger partial charge in [0.05, 0.1) is 20.9 Å². The molecule has 0 radical (unpaired) electrons. The molecule has 1 N–H and O–H groups in total. The Morgan fingerprint density at radius 1 is 1.25 bits per heavy atom. The zero-order chi connectivity index (χ0) is 13.9. The number of benzene rings is 2. The average molecular weight is 350 g/mol. The summed E-state index contributed by atoms with van der Waals surface area (Å²) in [6, 6.07) is 12.6. The molecule has 0 atom stereocenters. The normalized spacial score (nSPS) is 11.3. The zero-order valence-electron chi connectivity index (χ0n) is 10.2. The maximum atomic E-state index is 13.1. The molecule has 0 aliphatic heterocycles. The van der Waals surface area contributed by atoms with Gasteiger partial charge in [0.1, 0.15) is 5.82 Å².